The molecule has 2 rings (SSSR count). The van der Waals surface area contributed by atoms with Crippen molar-refractivity contribution in [2.75, 3.05) is 0 Å². The summed E-state index contributed by atoms with van der Waals surface area (Å²) in [5, 5.41) is 0.667. The maximum absolute atomic E-state index is 13.6. The third kappa shape index (κ3) is 3.78. The van der Waals surface area contributed by atoms with Crippen LogP contribution in [0.25, 0.3) is 0 Å². The summed E-state index contributed by atoms with van der Waals surface area (Å²) in [6.45, 7) is 1.96. The molecule has 2 aromatic rings. The second-order valence-corrected chi connectivity index (χ2v) is 5.41. The van der Waals surface area contributed by atoms with Crippen LogP contribution in [-0.4, -0.2) is 6.04 Å². The van der Waals surface area contributed by atoms with Crippen LogP contribution in [0.1, 0.15) is 16.7 Å². The molecule has 0 amide bonds. The SMILES string of the molecule is Cc1ccc(CC(N)Cc2ccc(F)cc2F)c(Cl)c1. The highest BCUT2D eigenvalue weighted by Gasteiger charge is 2.11. The molecule has 1 unspecified atom stereocenters. The first-order valence-corrected chi connectivity index (χ1v) is 6.78. The zero-order chi connectivity index (χ0) is 14.7. The fraction of sp³-hybridized carbons (Fsp3) is 0.250. The Morgan fingerprint density at radius 3 is 2.35 bits per heavy atom. The predicted octanol–water partition coefficient (Wildman–Crippen LogP) is 4.04. The first kappa shape index (κ1) is 14.9. The van der Waals surface area contributed by atoms with Crippen molar-refractivity contribution in [3.63, 3.8) is 0 Å². The van der Waals surface area contributed by atoms with Crippen molar-refractivity contribution in [3.05, 3.63) is 69.7 Å². The van der Waals surface area contributed by atoms with E-state index in [1.807, 2.05) is 25.1 Å². The van der Waals surface area contributed by atoms with Crippen LogP contribution in [0.4, 0.5) is 8.78 Å². The Balaban J connectivity index is 2.07. The number of hydrogen-bond donors (Lipinski definition) is 1. The van der Waals surface area contributed by atoms with Gasteiger partial charge in [-0.3, -0.25) is 0 Å². The maximum Gasteiger partial charge on any atom is 0.129 e. The molecule has 0 aromatic heterocycles. The number of hydrogen-bond acceptors (Lipinski definition) is 1. The largest absolute Gasteiger partial charge is 0.327 e. The van der Waals surface area contributed by atoms with Gasteiger partial charge in [-0.2, -0.15) is 0 Å². The third-order valence-electron chi connectivity index (χ3n) is 3.19. The van der Waals surface area contributed by atoms with Gasteiger partial charge in [-0.1, -0.05) is 29.8 Å². The smallest absolute Gasteiger partial charge is 0.129 e. The summed E-state index contributed by atoms with van der Waals surface area (Å²) >= 11 is 6.15. The Labute approximate surface area is 122 Å². The summed E-state index contributed by atoms with van der Waals surface area (Å²) < 4.78 is 26.4. The highest BCUT2D eigenvalue weighted by atomic mass is 35.5. The summed E-state index contributed by atoms with van der Waals surface area (Å²) in [7, 11) is 0. The van der Waals surface area contributed by atoms with Crippen molar-refractivity contribution in [2.24, 2.45) is 5.73 Å². The van der Waals surface area contributed by atoms with E-state index in [1.165, 1.54) is 12.1 Å². The van der Waals surface area contributed by atoms with Crippen LogP contribution in [-0.2, 0) is 12.8 Å². The average Bonchev–Trinajstić information content (AvgIpc) is 2.36. The molecular weight excluding hydrogens is 280 g/mol. The zero-order valence-corrected chi connectivity index (χ0v) is 11.9. The number of benzene rings is 2. The van der Waals surface area contributed by atoms with Gasteiger partial charge in [-0.25, -0.2) is 8.78 Å². The standard InChI is InChI=1S/C16H16ClF2N/c1-10-2-3-11(15(17)6-10)7-14(20)8-12-4-5-13(18)9-16(12)19/h2-6,9,14H,7-8,20H2,1H3. The monoisotopic (exact) mass is 295 g/mol. The molecular formula is C16H16ClF2N. The maximum atomic E-state index is 13.6. The Kier molecular flexibility index (Phi) is 4.73. The number of aryl methyl sites for hydroxylation is 1. The molecule has 0 spiro atoms. The van der Waals surface area contributed by atoms with Crippen LogP contribution in [0.5, 0.6) is 0 Å². The van der Waals surface area contributed by atoms with Crippen LogP contribution in [0.2, 0.25) is 5.02 Å². The lowest BCUT2D eigenvalue weighted by molar-refractivity contribution is 0.558. The van der Waals surface area contributed by atoms with E-state index in [2.05, 4.69) is 0 Å². The molecule has 0 saturated heterocycles. The average molecular weight is 296 g/mol. The van der Waals surface area contributed by atoms with E-state index in [-0.39, 0.29) is 6.04 Å². The van der Waals surface area contributed by atoms with Gasteiger partial charge in [-0.05, 0) is 48.6 Å². The van der Waals surface area contributed by atoms with Crippen molar-refractivity contribution in [1.82, 2.24) is 0 Å². The van der Waals surface area contributed by atoms with Crippen LogP contribution in [0.15, 0.2) is 36.4 Å². The molecule has 2 aromatic carbocycles. The number of nitrogens with two attached hydrogens (primary N) is 1. The van der Waals surface area contributed by atoms with Gasteiger partial charge in [0.05, 0.1) is 0 Å². The first-order valence-electron chi connectivity index (χ1n) is 6.40. The van der Waals surface area contributed by atoms with Crippen molar-refractivity contribution in [2.45, 2.75) is 25.8 Å². The highest BCUT2D eigenvalue weighted by molar-refractivity contribution is 6.31. The van der Waals surface area contributed by atoms with Crippen LogP contribution in [0, 0.1) is 18.6 Å². The minimum absolute atomic E-state index is 0.268. The van der Waals surface area contributed by atoms with Gasteiger partial charge in [0, 0.05) is 17.1 Å². The number of rotatable bonds is 4. The molecule has 4 heteroatoms. The summed E-state index contributed by atoms with van der Waals surface area (Å²) in [5.74, 6) is -1.14. The van der Waals surface area contributed by atoms with Gasteiger partial charge >= 0.3 is 0 Å². The molecule has 0 heterocycles. The van der Waals surface area contributed by atoms with Gasteiger partial charge in [0.15, 0.2) is 0 Å². The molecule has 0 saturated carbocycles. The predicted molar refractivity (Wildman–Crippen MR) is 77.9 cm³/mol. The van der Waals surface area contributed by atoms with E-state index >= 15 is 0 Å². The van der Waals surface area contributed by atoms with Gasteiger partial charge in [-0.15, -0.1) is 0 Å². The van der Waals surface area contributed by atoms with Gasteiger partial charge < -0.3 is 5.73 Å². The third-order valence-corrected chi connectivity index (χ3v) is 3.54. The second kappa shape index (κ2) is 6.33. The highest BCUT2D eigenvalue weighted by Crippen LogP contribution is 2.20. The van der Waals surface area contributed by atoms with E-state index in [0.717, 1.165) is 17.2 Å². The normalized spacial score (nSPS) is 12.4. The van der Waals surface area contributed by atoms with E-state index in [4.69, 9.17) is 17.3 Å². The van der Waals surface area contributed by atoms with Crippen LogP contribution < -0.4 is 5.73 Å². The minimum Gasteiger partial charge on any atom is -0.327 e. The molecule has 0 aliphatic carbocycles. The molecule has 0 radical (unpaired) electrons. The van der Waals surface area contributed by atoms with E-state index < -0.39 is 11.6 Å². The molecule has 1 nitrogen and oxygen atoms in total. The van der Waals surface area contributed by atoms with Crippen molar-refractivity contribution >= 4 is 11.6 Å². The van der Waals surface area contributed by atoms with Crippen molar-refractivity contribution in [3.8, 4) is 0 Å². The molecule has 2 N–H and O–H groups in total. The molecule has 0 bridgehead atoms. The summed E-state index contributed by atoms with van der Waals surface area (Å²) in [4.78, 5) is 0. The fourth-order valence-electron chi connectivity index (χ4n) is 2.14. The van der Waals surface area contributed by atoms with E-state index in [9.17, 15) is 8.78 Å². The van der Waals surface area contributed by atoms with Crippen LogP contribution >= 0.6 is 11.6 Å². The first-order chi connectivity index (χ1) is 9.45. The Hall–Kier alpha value is -1.45. The summed E-state index contributed by atoms with van der Waals surface area (Å²) in [6.07, 6.45) is 0.895. The van der Waals surface area contributed by atoms with Gasteiger partial charge in [0.2, 0.25) is 0 Å². The van der Waals surface area contributed by atoms with Crippen molar-refractivity contribution in [1.29, 1.82) is 0 Å². The molecule has 106 valence electrons. The van der Waals surface area contributed by atoms with E-state index in [1.54, 1.807) is 0 Å². The Bertz CT molecular complexity index is 560. The van der Waals surface area contributed by atoms with Gasteiger partial charge in [0.1, 0.15) is 11.6 Å². The van der Waals surface area contributed by atoms with Crippen LogP contribution in [0.3, 0.4) is 0 Å². The lowest BCUT2D eigenvalue weighted by Gasteiger charge is -2.14. The van der Waals surface area contributed by atoms with Crippen molar-refractivity contribution < 1.29 is 8.78 Å². The Morgan fingerprint density at radius 1 is 1.05 bits per heavy atom. The fourth-order valence-corrected chi connectivity index (χ4v) is 2.45. The topological polar surface area (TPSA) is 26.0 Å². The Morgan fingerprint density at radius 2 is 1.70 bits per heavy atom. The molecule has 20 heavy (non-hydrogen) atoms. The zero-order valence-electron chi connectivity index (χ0n) is 11.2. The molecule has 0 fully saturated rings. The van der Waals surface area contributed by atoms with Gasteiger partial charge in [0.25, 0.3) is 0 Å². The second-order valence-electron chi connectivity index (χ2n) is 5.00. The quantitative estimate of drug-likeness (QED) is 0.905. The summed E-state index contributed by atoms with van der Waals surface area (Å²) in [6, 6.07) is 9.05. The summed E-state index contributed by atoms with van der Waals surface area (Å²) in [5.41, 5.74) is 8.47. The number of halogens is 3. The molecule has 1 atom stereocenters. The lowest BCUT2D eigenvalue weighted by Crippen LogP contribution is -2.26. The minimum atomic E-state index is -0.582. The lowest BCUT2D eigenvalue weighted by atomic mass is 9.98. The molecule has 0 aliphatic rings. The molecule has 0 aliphatic heterocycles. The van der Waals surface area contributed by atoms with E-state index in [0.29, 0.717) is 23.4 Å².